The summed E-state index contributed by atoms with van der Waals surface area (Å²) in [5.41, 5.74) is 8.10. The predicted molar refractivity (Wildman–Crippen MR) is 84.2 cm³/mol. The highest BCUT2D eigenvalue weighted by atomic mass is 16.4. The number of nitrogens with one attached hydrogen (secondary N) is 1. The van der Waals surface area contributed by atoms with E-state index in [-0.39, 0.29) is 5.41 Å². The number of nitrogens with zero attached hydrogens (tertiary/aromatic N) is 1. The van der Waals surface area contributed by atoms with E-state index in [0.717, 1.165) is 32.4 Å². The third-order valence-corrected chi connectivity index (χ3v) is 3.63. The molecule has 0 aliphatic rings. The minimum absolute atomic E-state index is 0.243. The summed E-state index contributed by atoms with van der Waals surface area (Å²) in [6.07, 6.45) is 2.96. The Morgan fingerprint density at radius 2 is 2.10 bits per heavy atom. The number of aryl methyl sites for hydroxylation is 1. The fraction of sp³-hybridized carbons (Fsp3) is 0.562. The first-order chi connectivity index (χ1) is 9.45. The number of nitrogens with two attached hydrogens (primary N) is 1. The largest absolute Gasteiger partial charge is 0.409 e. The lowest BCUT2D eigenvalue weighted by atomic mass is 9.86. The van der Waals surface area contributed by atoms with Crippen molar-refractivity contribution in [3.8, 4) is 0 Å². The van der Waals surface area contributed by atoms with Crippen LogP contribution in [0.25, 0.3) is 0 Å². The molecule has 0 atom stereocenters. The SMILES string of the molecule is Cc1cccc(CCNCCCC(C)(C)C(N)=NO)c1. The van der Waals surface area contributed by atoms with Gasteiger partial charge in [-0.2, -0.15) is 0 Å². The second-order valence-electron chi connectivity index (χ2n) is 5.96. The zero-order valence-electron chi connectivity index (χ0n) is 12.8. The van der Waals surface area contributed by atoms with Crippen LogP contribution in [-0.4, -0.2) is 24.1 Å². The van der Waals surface area contributed by atoms with E-state index in [2.05, 4.69) is 41.7 Å². The van der Waals surface area contributed by atoms with E-state index in [1.165, 1.54) is 11.1 Å². The molecule has 0 fully saturated rings. The highest BCUT2D eigenvalue weighted by Crippen LogP contribution is 2.21. The van der Waals surface area contributed by atoms with Gasteiger partial charge in [-0.25, -0.2) is 0 Å². The van der Waals surface area contributed by atoms with Gasteiger partial charge in [-0.15, -0.1) is 0 Å². The molecule has 4 nitrogen and oxygen atoms in total. The van der Waals surface area contributed by atoms with E-state index in [0.29, 0.717) is 5.84 Å². The van der Waals surface area contributed by atoms with Crippen LogP contribution in [0.5, 0.6) is 0 Å². The molecule has 0 heterocycles. The molecule has 0 spiro atoms. The maximum atomic E-state index is 8.71. The van der Waals surface area contributed by atoms with Gasteiger partial charge >= 0.3 is 0 Å². The normalized spacial score (nSPS) is 12.7. The van der Waals surface area contributed by atoms with E-state index in [4.69, 9.17) is 10.9 Å². The molecular weight excluding hydrogens is 250 g/mol. The standard InChI is InChI=1S/C16H27N3O/c1-13-6-4-7-14(12-13)8-11-18-10-5-9-16(2,3)15(17)19-20/h4,6-7,12,18,20H,5,8-11H2,1-3H3,(H2,17,19). The Hall–Kier alpha value is -1.55. The van der Waals surface area contributed by atoms with Crippen LogP contribution in [0.2, 0.25) is 0 Å². The smallest absolute Gasteiger partial charge is 0.144 e. The minimum Gasteiger partial charge on any atom is -0.409 e. The van der Waals surface area contributed by atoms with Crippen LogP contribution in [0.15, 0.2) is 29.4 Å². The molecule has 4 heteroatoms. The fourth-order valence-electron chi connectivity index (χ4n) is 2.14. The summed E-state index contributed by atoms with van der Waals surface area (Å²) < 4.78 is 0. The molecule has 0 aliphatic carbocycles. The van der Waals surface area contributed by atoms with Crippen molar-refractivity contribution in [2.75, 3.05) is 13.1 Å². The van der Waals surface area contributed by atoms with Crippen LogP contribution in [0.4, 0.5) is 0 Å². The summed E-state index contributed by atoms with van der Waals surface area (Å²) in [6.45, 7) is 8.04. The summed E-state index contributed by atoms with van der Waals surface area (Å²) in [7, 11) is 0. The second kappa shape index (κ2) is 7.90. The van der Waals surface area contributed by atoms with Crippen LogP contribution >= 0.6 is 0 Å². The lowest BCUT2D eigenvalue weighted by Crippen LogP contribution is -2.32. The Morgan fingerprint density at radius 3 is 2.75 bits per heavy atom. The quantitative estimate of drug-likeness (QED) is 0.225. The maximum absolute atomic E-state index is 8.71. The summed E-state index contributed by atoms with van der Waals surface area (Å²) in [5, 5.41) is 15.2. The molecule has 1 aromatic carbocycles. The zero-order valence-corrected chi connectivity index (χ0v) is 12.8. The molecule has 1 aromatic rings. The van der Waals surface area contributed by atoms with Gasteiger partial charge in [-0.3, -0.25) is 0 Å². The maximum Gasteiger partial charge on any atom is 0.144 e. The summed E-state index contributed by atoms with van der Waals surface area (Å²) >= 11 is 0. The van der Waals surface area contributed by atoms with Crippen molar-refractivity contribution in [3.63, 3.8) is 0 Å². The number of hydrogen-bond donors (Lipinski definition) is 3. The summed E-state index contributed by atoms with van der Waals surface area (Å²) in [6, 6.07) is 8.61. The number of amidine groups is 1. The first-order valence-corrected chi connectivity index (χ1v) is 7.20. The van der Waals surface area contributed by atoms with Crippen molar-refractivity contribution >= 4 is 5.84 Å². The molecule has 112 valence electrons. The third kappa shape index (κ3) is 5.61. The lowest BCUT2D eigenvalue weighted by molar-refractivity contribution is 0.304. The number of hydrogen-bond acceptors (Lipinski definition) is 3. The number of rotatable bonds is 8. The first-order valence-electron chi connectivity index (χ1n) is 7.20. The fourth-order valence-corrected chi connectivity index (χ4v) is 2.14. The average molecular weight is 277 g/mol. The molecular formula is C16H27N3O. The number of benzene rings is 1. The van der Waals surface area contributed by atoms with Crippen molar-refractivity contribution < 1.29 is 5.21 Å². The molecule has 20 heavy (non-hydrogen) atoms. The molecule has 0 aromatic heterocycles. The van der Waals surface area contributed by atoms with Crippen LogP contribution in [-0.2, 0) is 6.42 Å². The van der Waals surface area contributed by atoms with Crippen molar-refractivity contribution in [1.29, 1.82) is 0 Å². The minimum atomic E-state index is -0.243. The highest BCUT2D eigenvalue weighted by Gasteiger charge is 2.22. The Labute approximate surface area is 122 Å². The lowest BCUT2D eigenvalue weighted by Gasteiger charge is -2.22. The average Bonchev–Trinajstić information content (AvgIpc) is 2.41. The van der Waals surface area contributed by atoms with Gasteiger partial charge < -0.3 is 16.3 Å². The first kappa shape index (κ1) is 16.5. The molecule has 1 rings (SSSR count). The van der Waals surface area contributed by atoms with Crippen molar-refractivity contribution in [1.82, 2.24) is 5.32 Å². The van der Waals surface area contributed by atoms with Gasteiger partial charge in [-0.1, -0.05) is 48.8 Å². The molecule has 4 N–H and O–H groups in total. The van der Waals surface area contributed by atoms with Gasteiger partial charge in [0.1, 0.15) is 5.84 Å². The molecule has 0 saturated carbocycles. The van der Waals surface area contributed by atoms with E-state index < -0.39 is 0 Å². The number of oxime groups is 1. The monoisotopic (exact) mass is 277 g/mol. The Balaban J connectivity index is 2.17. The van der Waals surface area contributed by atoms with Crippen LogP contribution in [0, 0.1) is 12.3 Å². The molecule has 0 bridgehead atoms. The van der Waals surface area contributed by atoms with E-state index in [1.807, 2.05) is 13.8 Å². The molecule has 0 unspecified atom stereocenters. The molecule has 0 amide bonds. The van der Waals surface area contributed by atoms with Crippen LogP contribution in [0.1, 0.15) is 37.8 Å². The van der Waals surface area contributed by atoms with Crippen molar-refractivity contribution in [3.05, 3.63) is 35.4 Å². The Morgan fingerprint density at radius 1 is 1.35 bits per heavy atom. The highest BCUT2D eigenvalue weighted by molar-refractivity contribution is 5.85. The predicted octanol–water partition coefficient (Wildman–Crippen LogP) is 2.68. The van der Waals surface area contributed by atoms with Crippen LogP contribution in [0.3, 0.4) is 0 Å². The second-order valence-corrected chi connectivity index (χ2v) is 5.96. The van der Waals surface area contributed by atoms with Gasteiger partial charge in [0.2, 0.25) is 0 Å². The summed E-state index contributed by atoms with van der Waals surface area (Å²) in [5.74, 6) is 0.303. The van der Waals surface area contributed by atoms with Gasteiger partial charge in [0.05, 0.1) is 0 Å². The van der Waals surface area contributed by atoms with Crippen molar-refractivity contribution in [2.45, 2.75) is 40.0 Å². The van der Waals surface area contributed by atoms with E-state index >= 15 is 0 Å². The van der Waals surface area contributed by atoms with E-state index in [9.17, 15) is 0 Å². The van der Waals surface area contributed by atoms with Gasteiger partial charge in [0.15, 0.2) is 0 Å². The zero-order chi connectivity index (χ0) is 15.0. The molecule has 0 saturated heterocycles. The van der Waals surface area contributed by atoms with Gasteiger partial charge in [0.25, 0.3) is 0 Å². The molecule has 0 radical (unpaired) electrons. The van der Waals surface area contributed by atoms with Crippen molar-refractivity contribution in [2.24, 2.45) is 16.3 Å². The van der Waals surface area contributed by atoms with E-state index in [1.54, 1.807) is 0 Å². The topological polar surface area (TPSA) is 70.6 Å². The molecule has 0 aliphatic heterocycles. The van der Waals surface area contributed by atoms with Crippen LogP contribution < -0.4 is 11.1 Å². The Bertz CT molecular complexity index is 441. The third-order valence-electron chi connectivity index (χ3n) is 3.63. The Kier molecular flexibility index (Phi) is 6.52. The van der Waals surface area contributed by atoms with Gasteiger partial charge in [0, 0.05) is 5.41 Å². The summed E-state index contributed by atoms with van der Waals surface area (Å²) in [4.78, 5) is 0. The van der Waals surface area contributed by atoms with Gasteiger partial charge in [-0.05, 0) is 44.8 Å².